The summed E-state index contributed by atoms with van der Waals surface area (Å²) in [7, 11) is 0. The number of ether oxygens (including phenoxy) is 2. The third kappa shape index (κ3) is 4.77. The molecule has 3 aromatic carbocycles. The summed E-state index contributed by atoms with van der Waals surface area (Å²) in [5.41, 5.74) is 1.55. The third-order valence-electron chi connectivity index (χ3n) is 6.31. The van der Waals surface area contributed by atoms with E-state index in [0.29, 0.717) is 48.9 Å². The Morgan fingerprint density at radius 3 is 2.38 bits per heavy atom. The number of para-hydroxylation sites is 1. The van der Waals surface area contributed by atoms with Crippen molar-refractivity contribution in [3.8, 4) is 22.6 Å². The standard InChI is InChI=1S/C26H21Cl2FN2O6/c27-19-8-15(32)9-20(28)23(19)25(33)31-12-14-2-1-3-16(24(14)37-13-31)17-11-22(30-4-6-36-7-5-30)18(26(34)35)10-21(17)29/h1-3,8-11,32H,4-7,12-13H2,(H,34,35). The molecule has 0 bridgehead atoms. The number of hydrogen-bond donors (Lipinski definition) is 2. The summed E-state index contributed by atoms with van der Waals surface area (Å²) in [6.45, 7) is 1.83. The first-order chi connectivity index (χ1) is 17.7. The maximum absolute atomic E-state index is 15.3. The molecule has 37 heavy (non-hydrogen) atoms. The highest BCUT2D eigenvalue weighted by Gasteiger charge is 2.29. The molecule has 0 spiro atoms. The highest BCUT2D eigenvalue weighted by molar-refractivity contribution is 6.39. The predicted octanol–water partition coefficient (Wildman–Crippen LogP) is 5.03. The van der Waals surface area contributed by atoms with Crippen LogP contribution in [0.2, 0.25) is 10.0 Å². The number of amides is 1. The van der Waals surface area contributed by atoms with E-state index in [0.717, 1.165) is 6.07 Å². The number of nitrogens with zero attached hydrogens (tertiary/aromatic N) is 2. The Balaban J connectivity index is 1.51. The molecule has 192 valence electrons. The lowest BCUT2D eigenvalue weighted by molar-refractivity contribution is 0.0516. The number of halogens is 3. The van der Waals surface area contributed by atoms with Crippen LogP contribution in [0.5, 0.6) is 11.5 Å². The van der Waals surface area contributed by atoms with Crippen LogP contribution in [-0.2, 0) is 11.3 Å². The van der Waals surface area contributed by atoms with Gasteiger partial charge < -0.3 is 29.5 Å². The van der Waals surface area contributed by atoms with Crippen molar-refractivity contribution >= 4 is 40.8 Å². The molecule has 2 heterocycles. The van der Waals surface area contributed by atoms with E-state index in [4.69, 9.17) is 32.7 Å². The number of carboxylic acids is 1. The van der Waals surface area contributed by atoms with Crippen LogP contribution < -0.4 is 9.64 Å². The molecule has 0 aliphatic carbocycles. The molecule has 1 amide bonds. The zero-order chi connectivity index (χ0) is 26.3. The molecule has 0 saturated carbocycles. The molecule has 3 aromatic rings. The van der Waals surface area contributed by atoms with Crippen molar-refractivity contribution in [1.29, 1.82) is 0 Å². The maximum Gasteiger partial charge on any atom is 0.337 e. The van der Waals surface area contributed by atoms with Gasteiger partial charge in [-0.15, -0.1) is 0 Å². The largest absolute Gasteiger partial charge is 0.508 e. The number of phenolic OH excluding ortho intramolecular Hbond substituents is 1. The van der Waals surface area contributed by atoms with E-state index in [1.165, 1.54) is 23.1 Å². The van der Waals surface area contributed by atoms with Gasteiger partial charge in [-0.1, -0.05) is 41.4 Å². The Morgan fingerprint density at radius 2 is 1.70 bits per heavy atom. The van der Waals surface area contributed by atoms with E-state index < -0.39 is 17.7 Å². The number of rotatable bonds is 4. The SMILES string of the molecule is O=C(O)c1cc(F)c(-c2cccc3c2OCN(C(=O)c2c(Cl)cc(O)cc2Cl)C3)cc1N1CCOCC1. The fourth-order valence-electron chi connectivity index (χ4n) is 4.54. The van der Waals surface area contributed by atoms with Crippen LogP contribution in [0.4, 0.5) is 10.1 Å². The van der Waals surface area contributed by atoms with Gasteiger partial charge in [-0.2, -0.15) is 0 Å². The molecule has 2 N–H and O–H groups in total. The van der Waals surface area contributed by atoms with Crippen molar-refractivity contribution in [2.75, 3.05) is 37.9 Å². The molecule has 0 unspecified atom stereocenters. The van der Waals surface area contributed by atoms with Gasteiger partial charge in [-0.05, 0) is 24.3 Å². The van der Waals surface area contributed by atoms with Gasteiger partial charge >= 0.3 is 5.97 Å². The summed E-state index contributed by atoms with van der Waals surface area (Å²) in [6, 6.07) is 10.2. The quantitative estimate of drug-likeness (QED) is 0.473. The first-order valence-corrected chi connectivity index (χ1v) is 12.1. The van der Waals surface area contributed by atoms with E-state index in [9.17, 15) is 19.8 Å². The summed E-state index contributed by atoms with van der Waals surface area (Å²) in [5, 5.41) is 19.4. The Morgan fingerprint density at radius 1 is 1.00 bits per heavy atom. The molecule has 0 aromatic heterocycles. The topological polar surface area (TPSA) is 99.5 Å². The number of aromatic carboxylic acids is 1. The Labute approximate surface area is 221 Å². The summed E-state index contributed by atoms with van der Waals surface area (Å²) >= 11 is 12.3. The number of hydrogen-bond acceptors (Lipinski definition) is 6. The summed E-state index contributed by atoms with van der Waals surface area (Å²) in [4.78, 5) is 28.3. The van der Waals surface area contributed by atoms with Crippen LogP contribution in [0.25, 0.3) is 11.1 Å². The lowest BCUT2D eigenvalue weighted by atomic mass is 9.97. The van der Waals surface area contributed by atoms with Gasteiger partial charge in [0, 0.05) is 29.8 Å². The number of morpholine rings is 1. The van der Waals surface area contributed by atoms with Gasteiger partial charge in [0.25, 0.3) is 5.91 Å². The van der Waals surface area contributed by atoms with Crippen LogP contribution in [0.1, 0.15) is 26.3 Å². The second kappa shape index (κ2) is 10.1. The maximum atomic E-state index is 15.3. The minimum absolute atomic E-state index is 0.00535. The van der Waals surface area contributed by atoms with E-state index in [1.807, 2.05) is 4.90 Å². The number of carbonyl (C=O) groups is 2. The molecule has 0 atom stereocenters. The summed E-state index contributed by atoms with van der Waals surface area (Å²) in [6.07, 6.45) is 0. The lowest BCUT2D eigenvalue weighted by Crippen LogP contribution is -2.37. The van der Waals surface area contributed by atoms with Crippen LogP contribution in [0.3, 0.4) is 0 Å². The van der Waals surface area contributed by atoms with Gasteiger partial charge in [0.05, 0.1) is 46.6 Å². The first kappa shape index (κ1) is 25.1. The molecule has 5 rings (SSSR count). The minimum atomic E-state index is -1.22. The third-order valence-corrected chi connectivity index (χ3v) is 6.90. The fraction of sp³-hybridized carbons (Fsp3) is 0.231. The Hall–Kier alpha value is -3.53. The van der Waals surface area contributed by atoms with Crippen molar-refractivity contribution in [2.24, 2.45) is 0 Å². The van der Waals surface area contributed by atoms with Crippen molar-refractivity contribution in [3.05, 3.63) is 75.0 Å². The fourth-order valence-corrected chi connectivity index (χ4v) is 5.18. The molecular formula is C26H21Cl2FN2O6. The number of carbonyl (C=O) groups excluding carboxylic acids is 1. The van der Waals surface area contributed by atoms with Crippen LogP contribution in [0, 0.1) is 5.82 Å². The number of phenols is 1. The molecule has 1 saturated heterocycles. The lowest BCUT2D eigenvalue weighted by Gasteiger charge is -2.32. The monoisotopic (exact) mass is 546 g/mol. The molecule has 2 aliphatic heterocycles. The molecule has 2 aliphatic rings. The zero-order valence-electron chi connectivity index (χ0n) is 19.3. The van der Waals surface area contributed by atoms with E-state index in [-0.39, 0.29) is 45.8 Å². The van der Waals surface area contributed by atoms with Gasteiger partial charge in [-0.3, -0.25) is 4.79 Å². The summed E-state index contributed by atoms with van der Waals surface area (Å²) < 4.78 is 26.6. The smallest absolute Gasteiger partial charge is 0.337 e. The highest BCUT2D eigenvalue weighted by Crippen LogP contribution is 2.41. The number of anilines is 1. The normalized spacial score (nSPS) is 15.2. The highest BCUT2D eigenvalue weighted by atomic mass is 35.5. The molecule has 8 nitrogen and oxygen atoms in total. The van der Waals surface area contributed by atoms with Gasteiger partial charge in [0.15, 0.2) is 6.73 Å². The molecule has 1 fully saturated rings. The second-order valence-corrected chi connectivity index (χ2v) is 9.42. The van der Waals surface area contributed by atoms with Crippen molar-refractivity contribution in [1.82, 2.24) is 4.90 Å². The van der Waals surface area contributed by atoms with Crippen molar-refractivity contribution in [2.45, 2.75) is 6.54 Å². The van der Waals surface area contributed by atoms with E-state index >= 15 is 4.39 Å². The van der Waals surface area contributed by atoms with Crippen molar-refractivity contribution < 1.29 is 33.7 Å². The van der Waals surface area contributed by atoms with Crippen molar-refractivity contribution in [3.63, 3.8) is 0 Å². The Bertz CT molecular complexity index is 1390. The van der Waals surface area contributed by atoms with E-state index in [1.54, 1.807) is 18.2 Å². The average molecular weight is 547 g/mol. The number of benzene rings is 3. The van der Waals surface area contributed by atoms with Crippen LogP contribution in [-0.4, -0.2) is 60.0 Å². The van der Waals surface area contributed by atoms with Crippen LogP contribution >= 0.6 is 23.2 Å². The molecular weight excluding hydrogens is 526 g/mol. The number of fused-ring (bicyclic) bond motifs is 1. The molecule has 0 radical (unpaired) electrons. The Kier molecular flexibility index (Phi) is 6.85. The minimum Gasteiger partial charge on any atom is -0.508 e. The second-order valence-electron chi connectivity index (χ2n) is 8.61. The zero-order valence-corrected chi connectivity index (χ0v) is 20.9. The van der Waals surface area contributed by atoms with Gasteiger partial charge in [-0.25, -0.2) is 9.18 Å². The predicted molar refractivity (Wildman–Crippen MR) is 135 cm³/mol. The summed E-state index contributed by atoms with van der Waals surface area (Å²) in [5.74, 6) is -2.18. The van der Waals surface area contributed by atoms with Gasteiger partial charge in [0.1, 0.15) is 17.3 Å². The number of aromatic hydroxyl groups is 1. The first-order valence-electron chi connectivity index (χ1n) is 11.4. The van der Waals surface area contributed by atoms with E-state index in [2.05, 4.69) is 0 Å². The average Bonchev–Trinajstić information content (AvgIpc) is 2.87. The number of carboxylic acid groups (broad SMARTS) is 1. The molecule has 11 heteroatoms. The van der Waals surface area contributed by atoms with Gasteiger partial charge in [0.2, 0.25) is 0 Å². The van der Waals surface area contributed by atoms with Crippen LogP contribution in [0.15, 0.2) is 42.5 Å².